The monoisotopic (exact) mass is 601 g/mol. The molecule has 0 radical (unpaired) electrons. The summed E-state index contributed by atoms with van der Waals surface area (Å²) in [7, 11) is 13.7. The fourth-order valence-corrected chi connectivity index (χ4v) is 4.96. The third-order valence-corrected chi connectivity index (χ3v) is 7.68. The topological polar surface area (TPSA) is 0 Å². The summed E-state index contributed by atoms with van der Waals surface area (Å²) in [6.07, 6.45) is 42.9. The minimum Gasteiger partial charge on any atom is -1.00 e. The molecule has 0 bridgehead atoms. The predicted octanol–water partition coefficient (Wildman–Crippen LogP) is 9.02. The maximum absolute atomic E-state index is 2.41. The molecule has 2 nitrogen and oxygen atoms in total. The van der Waals surface area contributed by atoms with Crippen LogP contribution in [0.15, 0.2) is 24.3 Å². The predicted molar refractivity (Wildman–Crippen MR) is 187 cm³/mol. The molecule has 3 heteroatoms. The molecule has 0 fully saturated rings. The van der Waals surface area contributed by atoms with Crippen molar-refractivity contribution < 1.29 is 22.8 Å². The van der Waals surface area contributed by atoms with E-state index >= 15 is 0 Å². The van der Waals surface area contributed by atoms with E-state index in [9.17, 15) is 0 Å². The number of nitrogens with zero attached hydrogens (tertiary/aromatic N) is 2. The van der Waals surface area contributed by atoms with E-state index in [1.165, 1.54) is 167 Å². The van der Waals surface area contributed by atoms with Crippen molar-refractivity contribution >= 4 is 0 Å². The first-order chi connectivity index (χ1) is 19.1. The van der Waals surface area contributed by atoms with Crippen molar-refractivity contribution in [2.45, 2.75) is 168 Å². The second-order valence-corrected chi connectivity index (χ2v) is 14.5. The first kappa shape index (κ1) is 45.1. The fraction of sp³-hybridized carbons (Fsp3) is 0.895. The Hall–Kier alpha value is -0.310. The quantitative estimate of drug-likeness (QED) is 0.0477. The number of hydrogen-bond acceptors (Lipinski definition) is 0. The molecule has 0 N–H and O–H groups in total. The van der Waals surface area contributed by atoms with Gasteiger partial charge in [-0.2, -0.15) is 0 Å². The zero-order chi connectivity index (χ0) is 30.2. The Bertz CT molecular complexity index is 486. The zero-order valence-corrected chi connectivity index (χ0v) is 30.7. The molecule has 0 saturated heterocycles. The Labute approximate surface area is 269 Å². The van der Waals surface area contributed by atoms with Crippen LogP contribution in [0.2, 0.25) is 0 Å². The molecule has 0 heterocycles. The molecule has 0 aromatic rings. The number of hydrogen-bond donors (Lipinski definition) is 0. The summed E-state index contributed by atoms with van der Waals surface area (Å²) < 4.78 is 2.23. The van der Waals surface area contributed by atoms with Crippen LogP contribution in [0, 0.1) is 0 Å². The van der Waals surface area contributed by atoms with Gasteiger partial charge in [0.15, 0.2) is 0 Å². The molecule has 0 atom stereocenters. The van der Waals surface area contributed by atoms with Crippen molar-refractivity contribution in [1.29, 1.82) is 0 Å². The summed E-state index contributed by atoms with van der Waals surface area (Å²) in [4.78, 5) is 0. The van der Waals surface area contributed by atoms with Crippen LogP contribution < -0.4 is 12.4 Å². The molecule has 250 valence electrons. The molecule has 0 spiro atoms. The van der Waals surface area contributed by atoms with E-state index in [-0.39, 0.29) is 13.8 Å². The normalized spacial score (nSPS) is 12.1. The van der Waals surface area contributed by atoms with E-state index in [1.807, 2.05) is 0 Å². The molecule has 0 aliphatic heterocycles. The van der Waals surface area contributed by atoms with Gasteiger partial charge in [-0.3, -0.25) is 0 Å². The van der Waals surface area contributed by atoms with Crippen LogP contribution in [0.1, 0.15) is 169 Å². The standard InChI is InChI=1S/2C19H40N.ClH.H/c2*1-5-6-7-8-9-10-11-12-13-14-15-16-17-18-19-20(2,3)4;;/h2*10-11H,5-9,12-19H2,1-4H3;1H;/q2*+1;;-1/p-1/b2*11-10-;;. The van der Waals surface area contributed by atoms with Gasteiger partial charge in [0.1, 0.15) is 0 Å². The molecule has 0 aliphatic carbocycles. The van der Waals surface area contributed by atoms with Gasteiger partial charge in [-0.05, 0) is 77.0 Å². The number of allylic oxidation sites excluding steroid dienone is 4. The van der Waals surface area contributed by atoms with Crippen LogP contribution in [-0.4, -0.2) is 64.3 Å². The average Bonchev–Trinajstić information content (AvgIpc) is 2.88. The van der Waals surface area contributed by atoms with Crippen molar-refractivity contribution in [1.82, 2.24) is 0 Å². The smallest absolute Gasteiger partial charge is 0.0780 e. The first-order valence-electron chi connectivity index (χ1n) is 18.0. The van der Waals surface area contributed by atoms with E-state index in [0.29, 0.717) is 0 Å². The van der Waals surface area contributed by atoms with Crippen LogP contribution in [0.4, 0.5) is 0 Å². The van der Waals surface area contributed by atoms with Gasteiger partial charge in [0.25, 0.3) is 0 Å². The second kappa shape index (κ2) is 34.2. The molecule has 0 aromatic carbocycles. The van der Waals surface area contributed by atoms with Crippen molar-refractivity contribution in [3.05, 3.63) is 24.3 Å². The number of quaternary nitrogens is 2. The van der Waals surface area contributed by atoms with Gasteiger partial charge < -0.3 is 22.8 Å². The lowest BCUT2D eigenvalue weighted by Gasteiger charge is -2.23. The zero-order valence-electron chi connectivity index (χ0n) is 31.0. The molecule has 0 aromatic heterocycles. The number of rotatable bonds is 28. The Kier molecular flexibility index (Phi) is 37.6. The Morgan fingerprint density at radius 3 is 0.805 bits per heavy atom. The summed E-state index contributed by atoms with van der Waals surface area (Å²) >= 11 is 0. The minimum atomic E-state index is 0. The highest BCUT2D eigenvalue weighted by Crippen LogP contribution is 2.11. The lowest BCUT2D eigenvalue weighted by molar-refractivity contribution is -0.870. The maximum atomic E-state index is 2.41. The molecular formula is C38H81ClN2. The van der Waals surface area contributed by atoms with Gasteiger partial charge in [-0.1, -0.05) is 115 Å². The molecule has 0 aliphatic rings. The third kappa shape index (κ3) is 49.7. The molecule has 41 heavy (non-hydrogen) atoms. The Morgan fingerprint density at radius 1 is 0.341 bits per heavy atom. The highest BCUT2D eigenvalue weighted by atomic mass is 35.5. The highest BCUT2D eigenvalue weighted by molar-refractivity contribution is 4.81. The lowest BCUT2D eigenvalue weighted by Crippen LogP contribution is -3.00. The Morgan fingerprint density at radius 2 is 0.561 bits per heavy atom. The van der Waals surface area contributed by atoms with Gasteiger partial charge in [0, 0.05) is 0 Å². The van der Waals surface area contributed by atoms with E-state index in [2.05, 4.69) is 80.4 Å². The summed E-state index contributed by atoms with van der Waals surface area (Å²) in [6.45, 7) is 7.19. The largest absolute Gasteiger partial charge is 1.00 e. The summed E-state index contributed by atoms with van der Waals surface area (Å²) in [5.41, 5.74) is 0. The maximum Gasteiger partial charge on any atom is 0.0780 e. The van der Waals surface area contributed by atoms with Crippen molar-refractivity contribution in [3.63, 3.8) is 0 Å². The van der Waals surface area contributed by atoms with Gasteiger partial charge >= 0.3 is 0 Å². The molecule has 0 amide bonds. The molecule has 0 rings (SSSR count). The van der Waals surface area contributed by atoms with E-state index < -0.39 is 0 Å². The van der Waals surface area contributed by atoms with Crippen molar-refractivity contribution in [2.24, 2.45) is 0 Å². The molecule has 0 unspecified atom stereocenters. The van der Waals surface area contributed by atoms with Crippen LogP contribution in [0.25, 0.3) is 0 Å². The second-order valence-electron chi connectivity index (χ2n) is 14.5. The van der Waals surface area contributed by atoms with Gasteiger partial charge in [0.05, 0.1) is 55.4 Å². The van der Waals surface area contributed by atoms with Gasteiger partial charge in [-0.15, -0.1) is 0 Å². The lowest BCUT2D eigenvalue weighted by atomic mass is 10.1. The highest BCUT2D eigenvalue weighted by Gasteiger charge is 2.05. The van der Waals surface area contributed by atoms with Gasteiger partial charge in [-0.25, -0.2) is 0 Å². The molecule has 0 saturated carbocycles. The van der Waals surface area contributed by atoms with Crippen LogP contribution in [0.5, 0.6) is 0 Å². The number of unbranched alkanes of at least 4 members (excludes halogenated alkanes) is 20. The van der Waals surface area contributed by atoms with Crippen LogP contribution in [-0.2, 0) is 0 Å². The summed E-state index contributed by atoms with van der Waals surface area (Å²) in [5.74, 6) is 0. The fourth-order valence-electron chi connectivity index (χ4n) is 4.96. The summed E-state index contributed by atoms with van der Waals surface area (Å²) in [6, 6.07) is 0. The van der Waals surface area contributed by atoms with Crippen molar-refractivity contribution in [3.8, 4) is 0 Å². The van der Waals surface area contributed by atoms with Crippen LogP contribution >= 0.6 is 0 Å². The van der Waals surface area contributed by atoms with E-state index in [4.69, 9.17) is 0 Å². The SMILES string of the molecule is CCCCCC/C=C\CCCCCCCC[N+](C)(C)C.CCCCCC/C=C\CCCCCCCC[N+](C)(C)C.[Cl-].[H-]. The number of halogens is 1. The third-order valence-electron chi connectivity index (χ3n) is 7.68. The molecular weight excluding hydrogens is 520 g/mol. The summed E-state index contributed by atoms with van der Waals surface area (Å²) in [5, 5.41) is 0. The van der Waals surface area contributed by atoms with E-state index in [1.54, 1.807) is 0 Å². The van der Waals surface area contributed by atoms with Gasteiger partial charge in [0.2, 0.25) is 0 Å². The first-order valence-corrected chi connectivity index (χ1v) is 18.0. The van der Waals surface area contributed by atoms with E-state index in [0.717, 1.165) is 8.97 Å². The average molecular weight is 602 g/mol. The minimum absolute atomic E-state index is 0. The van der Waals surface area contributed by atoms with Crippen LogP contribution in [0.3, 0.4) is 0 Å². The Balaban J connectivity index is -0.000000328. The van der Waals surface area contributed by atoms with Crippen molar-refractivity contribution in [2.75, 3.05) is 55.4 Å².